The Labute approximate surface area is 448 Å². The van der Waals surface area contributed by atoms with Gasteiger partial charge in [0, 0.05) is 6.42 Å². The maximum absolute atomic E-state index is 12.5. The minimum atomic E-state index is -0.655. The van der Waals surface area contributed by atoms with Gasteiger partial charge >= 0.3 is 0 Å². The lowest BCUT2D eigenvalue weighted by atomic mass is 10.0. The van der Waals surface area contributed by atoms with Gasteiger partial charge in [0.05, 0.1) is 18.8 Å². The molecule has 0 fully saturated rings. The third-order valence-electron chi connectivity index (χ3n) is 16.4. The fraction of sp³-hybridized carbons (Fsp3) is 0.985. The molecular formula is C67H135NO3. The topological polar surface area (TPSA) is 69.6 Å². The van der Waals surface area contributed by atoms with Crippen molar-refractivity contribution in [1.82, 2.24) is 5.32 Å². The summed E-state index contributed by atoms with van der Waals surface area (Å²) in [5.41, 5.74) is 0. The van der Waals surface area contributed by atoms with Crippen molar-refractivity contribution in [1.29, 1.82) is 0 Å². The van der Waals surface area contributed by atoms with Crippen molar-refractivity contribution in [3.63, 3.8) is 0 Å². The molecule has 0 bridgehead atoms. The van der Waals surface area contributed by atoms with Crippen molar-refractivity contribution >= 4 is 5.91 Å². The van der Waals surface area contributed by atoms with Crippen LogP contribution in [0.5, 0.6) is 0 Å². The molecule has 3 N–H and O–H groups in total. The zero-order chi connectivity index (χ0) is 51.3. The highest BCUT2D eigenvalue weighted by Gasteiger charge is 2.20. The van der Waals surface area contributed by atoms with E-state index in [4.69, 9.17) is 0 Å². The molecule has 0 aliphatic heterocycles. The van der Waals surface area contributed by atoms with Crippen molar-refractivity contribution in [3.8, 4) is 0 Å². The summed E-state index contributed by atoms with van der Waals surface area (Å²) < 4.78 is 0. The number of aliphatic hydroxyl groups is 2. The van der Waals surface area contributed by atoms with Crippen molar-refractivity contribution in [3.05, 3.63) is 0 Å². The lowest BCUT2D eigenvalue weighted by Gasteiger charge is -2.22. The van der Waals surface area contributed by atoms with Gasteiger partial charge in [-0.15, -0.1) is 0 Å². The van der Waals surface area contributed by atoms with Crippen LogP contribution in [0.15, 0.2) is 0 Å². The Morgan fingerprint density at radius 3 is 0.634 bits per heavy atom. The second-order valence-electron chi connectivity index (χ2n) is 23.6. The molecule has 426 valence electrons. The van der Waals surface area contributed by atoms with E-state index in [0.29, 0.717) is 12.8 Å². The number of hydrogen-bond acceptors (Lipinski definition) is 3. The number of hydrogen-bond donors (Lipinski definition) is 3. The summed E-state index contributed by atoms with van der Waals surface area (Å²) >= 11 is 0. The van der Waals surface area contributed by atoms with Crippen molar-refractivity contribution in [2.75, 3.05) is 6.61 Å². The first-order valence-electron chi connectivity index (χ1n) is 33.7. The molecule has 0 saturated carbocycles. The molecule has 0 aromatic heterocycles. The average Bonchev–Trinajstić information content (AvgIpc) is 3.37. The van der Waals surface area contributed by atoms with Gasteiger partial charge in [-0.05, 0) is 12.8 Å². The monoisotopic (exact) mass is 1000 g/mol. The molecule has 71 heavy (non-hydrogen) atoms. The summed E-state index contributed by atoms with van der Waals surface area (Å²) in [5, 5.41) is 23.4. The maximum Gasteiger partial charge on any atom is 0.220 e. The maximum atomic E-state index is 12.5. The number of carbonyl (C=O) groups is 1. The van der Waals surface area contributed by atoms with E-state index in [-0.39, 0.29) is 12.5 Å². The van der Waals surface area contributed by atoms with E-state index in [2.05, 4.69) is 19.2 Å². The lowest BCUT2D eigenvalue weighted by molar-refractivity contribution is -0.123. The minimum absolute atomic E-state index is 0.0207. The van der Waals surface area contributed by atoms with Gasteiger partial charge < -0.3 is 15.5 Å². The number of carbonyl (C=O) groups excluding carboxylic acids is 1. The van der Waals surface area contributed by atoms with E-state index in [9.17, 15) is 15.0 Å². The predicted molar refractivity (Wildman–Crippen MR) is 318 cm³/mol. The molecule has 0 radical (unpaired) electrons. The quantitative estimate of drug-likeness (QED) is 0.0532. The predicted octanol–water partition coefficient (Wildman–Crippen LogP) is 22.7. The fourth-order valence-electron chi connectivity index (χ4n) is 11.3. The van der Waals surface area contributed by atoms with Gasteiger partial charge in [0.15, 0.2) is 0 Å². The number of rotatable bonds is 64. The highest BCUT2D eigenvalue weighted by atomic mass is 16.3. The van der Waals surface area contributed by atoms with Gasteiger partial charge in [-0.2, -0.15) is 0 Å². The van der Waals surface area contributed by atoms with Crippen LogP contribution in [-0.4, -0.2) is 34.9 Å². The summed E-state index contributed by atoms with van der Waals surface area (Å²) in [6.45, 7) is 4.41. The Hall–Kier alpha value is -0.610. The number of unbranched alkanes of at least 4 members (excludes halogenated alkanes) is 57. The lowest BCUT2D eigenvalue weighted by Crippen LogP contribution is -2.45. The molecule has 0 aliphatic rings. The van der Waals surface area contributed by atoms with E-state index in [1.54, 1.807) is 0 Å². The van der Waals surface area contributed by atoms with Gasteiger partial charge in [0.1, 0.15) is 0 Å². The molecule has 0 aromatic carbocycles. The van der Waals surface area contributed by atoms with E-state index in [1.807, 2.05) is 0 Å². The third kappa shape index (κ3) is 60.1. The molecule has 1 amide bonds. The molecule has 0 aromatic rings. The Balaban J connectivity index is 3.31. The number of aliphatic hydroxyl groups excluding tert-OH is 2. The largest absolute Gasteiger partial charge is 0.394 e. The molecule has 4 nitrogen and oxygen atoms in total. The molecule has 0 rings (SSSR count). The first kappa shape index (κ1) is 70.4. The summed E-state index contributed by atoms with van der Waals surface area (Å²) in [5.74, 6) is -0.0207. The Morgan fingerprint density at radius 2 is 0.451 bits per heavy atom. The number of nitrogens with one attached hydrogen (secondary N) is 1. The summed E-state index contributed by atoms with van der Waals surface area (Å²) in [7, 11) is 0. The van der Waals surface area contributed by atoms with E-state index >= 15 is 0 Å². The van der Waals surface area contributed by atoms with Crippen LogP contribution in [0.25, 0.3) is 0 Å². The smallest absolute Gasteiger partial charge is 0.220 e. The molecule has 0 aliphatic carbocycles. The molecule has 4 heteroatoms. The summed E-state index contributed by atoms with van der Waals surface area (Å²) in [6.07, 6.45) is 83.1. The average molecular weight is 1000 g/mol. The van der Waals surface area contributed by atoms with E-state index in [1.165, 1.54) is 353 Å². The molecule has 0 spiro atoms. The van der Waals surface area contributed by atoms with Crippen LogP contribution >= 0.6 is 0 Å². The first-order valence-corrected chi connectivity index (χ1v) is 33.7. The van der Waals surface area contributed by atoms with Crippen LogP contribution in [-0.2, 0) is 4.79 Å². The molecule has 2 unspecified atom stereocenters. The van der Waals surface area contributed by atoms with Crippen molar-refractivity contribution in [2.24, 2.45) is 0 Å². The Kier molecular flexibility index (Phi) is 63.1. The van der Waals surface area contributed by atoms with Crippen molar-refractivity contribution in [2.45, 2.75) is 418 Å². The number of amides is 1. The molecule has 0 saturated heterocycles. The zero-order valence-corrected chi connectivity index (χ0v) is 49.3. The zero-order valence-electron chi connectivity index (χ0n) is 49.3. The SMILES string of the molecule is CCCCCCCCCCCCCCCCCCCCCCCCCCCCCCCCCCCCCCCCCCCC(=O)NC(CO)C(O)CCCCCCCCCCCCCCCCCCCC. The van der Waals surface area contributed by atoms with Crippen LogP contribution in [0.1, 0.15) is 406 Å². The summed E-state index contributed by atoms with van der Waals surface area (Å²) in [6, 6.07) is -0.532. The van der Waals surface area contributed by atoms with Gasteiger partial charge in [-0.1, -0.05) is 386 Å². The second kappa shape index (κ2) is 63.7. The van der Waals surface area contributed by atoms with Gasteiger partial charge in [-0.25, -0.2) is 0 Å². The third-order valence-corrected chi connectivity index (χ3v) is 16.4. The molecule has 2 atom stereocenters. The highest BCUT2D eigenvalue weighted by Crippen LogP contribution is 2.20. The fourth-order valence-corrected chi connectivity index (χ4v) is 11.3. The second-order valence-corrected chi connectivity index (χ2v) is 23.6. The van der Waals surface area contributed by atoms with Crippen LogP contribution < -0.4 is 5.32 Å². The van der Waals surface area contributed by atoms with E-state index in [0.717, 1.165) is 25.7 Å². The summed E-state index contributed by atoms with van der Waals surface area (Å²) in [4.78, 5) is 12.5. The molecule has 0 heterocycles. The normalized spacial score (nSPS) is 12.6. The van der Waals surface area contributed by atoms with Gasteiger partial charge in [0.2, 0.25) is 5.91 Å². The van der Waals surface area contributed by atoms with Crippen LogP contribution in [0, 0.1) is 0 Å². The minimum Gasteiger partial charge on any atom is -0.394 e. The van der Waals surface area contributed by atoms with Gasteiger partial charge in [-0.3, -0.25) is 4.79 Å². The van der Waals surface area contributed by atoms with Crippen LogP contribution in [0.4, 0.5) is 0 Å². The first-order chi connectivity index (χ1) is 35.2. The van der Waals surface area contributed by atoms with Crippen LogP contribution in [0.2, 0.25) is 0 Å². The van der Waals surface area contributed by atoms with Gasteiger partial charge in [0.25, 0.3) is 0 Å². The standard InChI is InChI=1S/C67H135NO3/c1-3-5-7-9-11-13-15-17-19-21-23-24-25-26-27-28-29-30-31-32-33-34-35-36-37-38-39-40-41-42-43-44-45-47-49-51-53-55-57-59-61-63-67(71)68-65(64-69)66(70)62-60-58-56-54-52-50-48-46-22-20-18-16-14-12-10-8-6-4-2/h65-66,69-70H,3-64H2,1-2H3,(H,68,71). The Morgan fingerprint density at radius 1 is 0.282 bits per heavy atom. The molecular weight excluding hydrogens is 867 g/mol. The van der Waals surface area contributed by atoms with Crippen molar-refractivity contribution < 1.29 is 15.0 Å². The Bertz CT molecular complexity index is 956. The highest BCUT2D eigenvalue weighted by molar-refractivity contribution is 5.76. The van der Waals surface area contributed by atoms with Crippen LogP contribution in [0.3, 0.4) is 0 Å². The van der Waals surface area contributed by atoms with E-state index < -0.39 is 12.1 Å².